The van der Waals surface area contributed by atoms with Crippen molar-refractivity contribution in [2.24, 2.45) is 0 Å². The van der Waals surface area contributed by atoms with Crippen LogP contribution in [0.2, 0.25) is 0 Å². The summed E-state index contributed by atoms with van der Waals surface area (Å²) in [5.74, 6) is -0.919. The number of amides is 2. The van der Waals surface area contributed by atoms with E-state index < -0.39 is 11.9 Å². The molecule has 2 amide bonds. The zero-order valence-corrected chi connectivity index (χ0v) is 12.5. The number of nitrogens with one attached hydrogen (secondary N) is 2. The molecule has 0 bridgehead atoms. The minimum atomic E-state index is -0.551. The van der Waals surface area contributed by atoms with E-state index in [0.29, 0.717) is 25.2 Å². The number of likely N-dealkylation sites (N-methyl/N-ethyl adjacent to an activating group) is 1. The number of halogens is 2. The quantitative estimate of drug-likeness (QED) is 0.832. The molecular weight excluding hydrogens is 329 g/mol. The van der Waals surface area contributed by atoms with Gasteiger partial charge in [0.15, 0.2) is 0 Å². The summed E-state index contributed by atoms with van der Waals surface area (Å²) in [5.41, 5.74) is 0.356. The number of hydrogen-bond donors (Lipinski definition) is 2. The molecular formula is C13H15BrFN3O2. The van der Waals surface area contributed by atoms with Crippen LogP contribution in [0.5, 0.6) is 0 Å². The molecule has 0 saturated carbocycles. The van der Waals surface area contributed by atoms with Gasteiger partial charge in [-0.1, -0.05) is 0 Å². The van der Waals surface area contributed by atoms with Crippen LogP contribution < -0.4 is 10.6 Å². The van der Waals surface area contributed by atoms with E-state index in [9.17, 15) is 14.0 Å². The third-order valence-corrected chi connectivity index (χ3v) is 3.83. The van der Waals surface area contributed by atoms with E-state index in [2.05, 4.69) is 26.6 Å². The van der Waals surface area contributed by atoms with E-state index >= 15 is 0 Å². The molecule has 1 aliphatic heterocycles. The standard InChI is InChI=1S/C13H15BrFN3O2/c1-16-12(19)11-7-17-4-5-18(11)13(20)8-2-3-10(15)9(14)6-8/h2-3,6,11,17H,4-5,7H2,1H3,(H,16,19). The maximum absolute atomic E-state index is 13.2. The van der Waals surface area contributed by atoms with Crippen molar-refractivity contribution in [2.75, 3.05) is 26.7 Å². The van der Waals surface area contributed by atoms with Crippen LogP contribution in [0.4, 0.5) is 4.39 Å². The molecule has 108 valence electrons. The predicted octanol–water partition coefficient (Wildman–Crippen LogP) is 0.748. The van der Waals surface area contributed by atoms with Crippen LogP contribution in [0.25, 0.3) is 0 Å². The number of carbonyl (C=O) groups is 2. The average Bonchev–Trinajstić information content (AvgIpc) is 2.48. The van der Waals surface area contributed by atoms with Gasteiger partial charge in [0.1, 0.15) is 11.9 Å². The SMILES string of the molecule is CNC(=O)C1CNCCN1C(=O)c1ccc(F)c(Br)c1. The Bertz CT molecular complexity index is 538. The van der Waals surface area contributed by atoms with E-state index in [0.717, 1.165) is 0 Å². The summed E-state index contributed by atoms with van der Waals surface area (Å²) in [6, 6.07) is 3.53. The Balaban J connectivity index is 2.25. The largest absolute Gasteiger partial charge is 0.357 e. The molecule has 1 aliphatic rings. The second-order valence-corrected chi connectivity index (χ2v) is 5.32. The lowest BCUT2D eigenvalue weighted by Gasteiger charge is -2.35. The highest BCUT2D eigenvalue weighted by Crippen LogP contribution is 2.19. The van der Waals surface area contributed by atoms with Crippen LogP contribution in [0.1, 0.15) is 10.4 Å². The van der Waals surface area contributed by atoms with Crippen LogP contribution in [-0.2, 0) is 4.79 Å². The van der Waals surface area contributed by atoms with Gasteiger partial charge in [-0.05, 0) is 34.1 Å². The van der Waals surface area contributed by atoms with Gasteiger partial charge in [0.25, 0.3) is 5.91 Å². The summed E-state index contributed by atoms with van der Waals surface area (Å²) in [5, 5.41) is 5.63. The Morgan fingerprint density at radius 1 is 1.50 bits per heavy atom. The highest BCUT2D eigenvalue weighted by atomic mass is 79.9. The lowest BCUT2D eigenvalue weighted by Crippen LogP contribution is -2.59. The van der Waals surface area contributed by atoms with Gasteiger partial charge in [-0.25, -0.2) is 4.39 Å². The van der Waals surface area contributed by atoms with E-state index in [-0.39, 0.29) is 16.3 Å². The van der Waals surface area contributed by atoms with Crippen molar-refractivity contribution >= 4 is 27.7 Å². The third-order valence-electron chi connectivity index (χ3n) is 3.22. The van der Waals surface area contributed by atoms with Gasteiger partial charge in [-0.15, -0.1) is 0 Å². The van der Waals surface area contributed by atoms with Crippen LogP contribution in [0, 0.1) is 5.82 Å². The van der Waals surface area contributed by atoms with Crippen LogP contribution in [-0.4, -0.2) is 49.4 Å². The molecule has 1 atom stereocenters. The van der Waals surface area contributed by atoms with Crippen molar-refractivity contribution in [3.63, 3.8) is 0 Å². The molecule has 2 N–H and O–H groups in total. The number of nitrogens with zero attached hydrogens (tertiary/aromatic N) is 1. The molecule has 20 heavy (non-hydrogen) atoms. The molecule has 1 aromatic rings. The molecule has 2 rings (SSSR count). The van der Waals surface area contributed by atoms with Gasteiger partial charge in [-0.3, -0.25) is 9.59 Å². The van der Waals surface area contributed by atoms with Crippen LogP contribution >= 0.6 is 15.9 Å². The molecule has 0 aliphatic carbocycles. The molecule has 7 heteroatoms. The smallest absolute Gasteiger partial charge is 0.254 e. The van der Waals surface area contributed by atoms with Crippen molar-refractivity contribution in [1.82, 2.24) is 15.5 Å². The minimum Gasteiger partial charge on any atom is -0.357 e. The summed E-state index contributed by atoms with van der Waals surface area (Å²) in [6.07, 6.45) is 0. The van der Waals surface area contributed by atoms with Crippen molar-refractivity contribution in [3.8, 4) is 0 Å². The van der Waals surface area contributed by atoms with Gasteiger partial charge >= 0.3 is 0 Å². The first-order chi connectivity index (χ1) is 9.54. The van der Waals surface area contributed by atoms with Crippen molar-refractivity contribution in [2.45, 2.75) is 6.04 Å². The first kappa shape index (κ1) is 14.9. The van der Waals surface area contributed by atoms with Crippen molar-refractivity contribution < 1.29 is 14.0 Å². The number of rotatable bonds is 2. The Morgan fingerprint density at radius 2 is 2.25 bits per heavy atom. The first-order valence-corrected chi connectivity index (χ1v) is 7.02. The topological polar surface area (TPSA) is 61.4 Å². The van der Waals surface area contributed by atoms with Gasteiger partial charge in [-0.2, -0.15) is 0 Å². The fourth-order valence-electron chi connectivity index (χ4n) is 2.14. The van der Waals surface area contributed by atoms with Crippen LogP contribution in [0.15, 0.2) is 22.7 Å². The second kappa shape index (κ2) is 6.32. The van der Waals surface area contributed by atoms with Gasteiger partial charge in [0, 0.05) is 32.2 Å². The van der Waals surface area contributed by atoms with Crippen molar-refractivity contribution in [3.05, 3.63) is 34.1 Å². The Kier molecular flexibility index (Phi) is 4.72. The second-order valence-electron chi connectivity index (χ2n) is 4.46. The summed E-state index contributed by atoms with van der Waals surface area (Å²) < 4.78 is 13.4. The van der Waals surface area contributed by atoms with Gasteiger partial charge in [0.05, 0.1) is 4.47 Å². The third kappa shape index (κ3) is 2.99. The van der Waals surface area contributed by atoms with E-state index in [1.807, 2.05) is 0 Å². The fourth-order valence-corrected chi connectivity index (χ4v) is 2.52. The molecule has 0 aromatic heterocycles. The molecule has 1 saturated heterocycles. The Morgan fingerprint density at radius 3 is 2.90 bits per heavy atom. The van der Waals surface area contributed by atoms with Crippen molar-refractivity contribution in [1.29, 1.82) is 0 Å². The zero-order valence-electron chi connectivity index (χ0n) is 11.0. The van der Waals surface area contributed by atoms with Gasteiger partial charge < -0.3 is 15.5 Å². The zero-order chi connectivity index (χ0) is 14.7. The number of carbonyl (C=O) groups excluding carboxylic acids is 2. The Hall–Kier alpha value is -1.47. The molecule has 5 nitrogen and oxygen atoms in total. The molecule has 1 fully saturated rings. The number of benzene rings is 1. The maximum atomic E-state index is 13.2. The minimum absolute atomic E-state index is 0.216. The van der Waals surface area contributed by atoms with Crippen LogP contribution in [0.3, 0.4) is 0 Å². The predicted molar refractivity (Wildman–Crippen MR) is 75.9 cm³/mol. The molecule has 1 heterocycles. The molecule has 0 spiro atoms. The highest BCUT2D eigenvalue weighted by molar-refractivity contribution is 9.10. The van der Waals surface area contributed by atoms with E-state index in [4.69, 9.17) is 0 Å². The number of piperazine rings is 1. The summed E-state index contributed by atoms with van der Waals surface area (Å²) in [7, 11) is 1.54. The molecule has 1 aromatic carbocycles. The normalized spacial score (nSPS) is 18.8. The molecule has 1 unspecified atom stereocenters. The highest BCUT2D eigenvalue weighted by Gasteiger charge is 2.32. The first-order valence-electron chi connectivity index (χ1n) is 6.23. The lowest BCUT2D eigenvalue weighted by molar-refractivity contribution is -0.125. The number of hydrogen-bond acceptors (Lipinski definition) is 3. The molecule has 0 radical (unpaired) electrons. The summed E-state index contributed by atoms with van der Waals surface area (Å²) in [4.78, 5) is 25.8. The summed E-state index contributed by atoms with van der Waals surface area (Å²) >= 11 is 3.06. The lowest BCUT2D eigenvalue weighted by atomic mass is 10.1. The fraction of sp³-hybridized carbons (Fsp3) is 0.385. The van der Waals surface area contributed by atoms with Gasteiger partial charge in [0.2, 0.25) is 5.91 Å². The summed E-state index contributed by atoms with van der Waals surface area (Å²) in [6.45, 7) is 1.47. The van der Waals surface area contributed by atoms with E-state index in [1.165, 1.54) is 30.1 Å². The Labute approximate surface area is 124 Å². The average molecular weight is 344 g/mol. The maximum Gasteiger partial charge on any atom is 0.254 e. The van der Waals surface area contributed by atoms with E-state index in [1.54, 1.807) is 0 Å². The monoisotopic (exact) mass is 343 g/mol.